The minimum atomic E-state index is -0.822. The van der Waals surface area contributed by atoms with E-state index in [2.05, 4.69) is 5.10 Å². The average molecular weight is 287 g/mol. The first-order valence-corrected chi connectivity index (χ1v) is 6.84. The molecule has 0 aromatic carbocycles. The maximum Gasteiger partial charge on any atom is 0.135 e. The van der Waals surface area contributed by atoms with Crippen molar-refractivity contribution in [1.82, 2.24) is 9.78 Å². The number of hydrogen-bond donors (Lipinski definition) is 1. The SMILES string of the molecule is COc1ccsc1C(O)c1c(Cl)cnn1C(C)C. The van der Waals surface area contributed by atoms with Crippen LogP contribution >= 0.6 is 22.9 Å². The quantitative estimate of drug-likeness (QED) is 0.938. The van der Waals surface area contributed by atoms with Crippen molar-refractivity contribution in [3.05, 3.63) is 33.2 Å². The third kappa shape index (κ3) is 2.25. The first-order valence-electron chi connectivity index (χ1n) is 5.58. The summed E-state index contributed by atoms with van der Waals surface area (Å²) < 4.78 is 6.95. The number of halogens is 1. The van der Waals surface area contributed by atoms with Gasteiger partial charge in [-0.2, -0.15) is 5.10 Å². The molecule has 98 valence electrons. The van der Waals surface area contributed by atoms with Crippen LogP contribution in [0.25, 0.3) is 0 Å². The van der Waals surface area contributed by atoms with Crippen LogP contribution in [0.5, 0.6) is 5.75 Å². The monoisotopic (exact) mass is 286 g/mol. The van der Waals surface area contributed by atoms with Crippen LogP contribution in [0, 0.1) is 0 Å². The zero-order valence-electron chi connectivity index (χ0n) is 10.4. The first kappa shape index (κ1) is 13.4. The number of thiophene rings is 1. The first-order chi connectivity index (χ1) is 8.56. The molecule has 0 saturated heterocycles. The maximum atomic E-state index is 10.5. The van der Waals surface area contributed by atoms with Gasteiger partial charge in [0.2, 0.25) is 0 Å². The fourth-order valence-electron chi connectivity index (χ4n) is 1.82. The number of rotatable bonds is 4. The summed E-state index contributed by atoms with van der Waals surface area (Å²) >= 11 is 7.55. The van der Waals surface area contributed by atoms with Crippen LogP contribution in [0.3, 0.4) is 0 Å². The van der Waals surface area contributed by atoms with E-state index in [0.29, 0.717) is 16.5 Å². The third-order valence-corrected chi connectivity index (χ3v) is 3.90. The largest absolute Gasteiger partial charge is 0.495 e. The van der Waals surface area contributed by atoms with E-state index in [0.717, 1.165) is 4.88 Å². The molecule has 2 aromatic rings. The molecule has 0 saturated carbocycles. The molecule has 18 heavy (non-hydrogen) atoms. The van der Waals surface area contributed by atoms with Crippen molar-refractivity contribution in [2.75, 3.05) is 7.11 Å². The molecule has 0 bridgehead atoms. The topological polar surface area (TPSA) is 47.3 Å². The van der Waals surface area contributed by atoms with Gasteiger partial charge in [0.25, 0.3) is 0 Å². The molecular weight excluding hydrogens is 272 g/mol. The molecule has 0 aliphatic carbocycles. The van der Waals surface area contributed by atoms with Crippen LogP contribution in [-0.2, 0) is 0 Å². The van der Waals surface area contributed by atoms with Gasteiger partial charge in [-0.1, -0.05) is 11.6 Å². The lowest BCUT2D eigenvalue weighted by molar-refractivity contribution is 0.204. The Hall–Kier alpha value is -1.04. The van der Waals surface area contributed by atoms with Crippen LogP contribution in [0.4, 0.5) is 0 Å². The number of methoxy groups -OCH3 is 1. The lowest BCUT2D eigenvalue weighted by atomic mass is 10.2. The van der Waals surface area contributed by atoms with Gasteiger partial charge in [0.1, 0.15) is 11.9 Å². The number of nitrogens with zero attached hydrogens (tertiary/aromatic N) is 2. The normalized spacial score (nSPS) is 13.0. The highest BCUT2D eigenvalue weighted by Crippen LogP contribution is 2.37. The summed E-state index contributed by atoms with van der Waals surface area (Å²) in [7, 11) is 1.58. The molecule has 0 aliphatic rings. The summed E-state index contributed by atoms with van der Waals surface area (Å²) in [5, 5.41) is 17.0. The Balaban J connectivity index is 2.45. The lowest BCUT2D eigenvalue weighted by Gasteiger charge is -2.16. The van der Waals surface area contributed by atoms with Gasteiger partial charge in [-0.15, -0.1) is 11.3 Å². The van der Waals surface area contributed by atoms with E-state index in [-0.39, 0.29) is 6.04 Å². The van der Waals surface area contributed by atoms with Gasteiger partial charge in [0, 0.05) is 6.04 Å². The summed E-state index contributed by atoms with van der Waals surface area (Å²) in [5.74, 6) is 0.667. The summed E-state index contributed by atoms with van der Waals surface area (Å²) in [6.07, 6.45) is 0.734. The van der Waals surface area contributed by atoms with Gasteiger partial charge in [-0.05, 0) is 25.3 Å². The van der Waals surface area contributed by atoms with Gasteiger partial charge in [0.05, 0.1) is 28.9 Å². The third-order valence-electron chi connectivity index (χ3n) is 2.66. The van der Waals surface area contributed by atoms with Gasteiger partial charge in [-0.25, -0.2) is 0 Å². The van der Waals surface area contributed by atoms with Crippen LogP contribution in [0.1, 0.15) is 36.6 Å². The van der Waals surface area contributed by atoms with Crippen molar-refractivity contribution in [3.63, 3.8) is 0 Å². The van der Waals surface area contributed by atoms with Crippen LogP contribution in [0.15, 0.2) is 17.6 Å². The Labute approximate surface area is 115 Å². The Bertz CT molecular complexity index is 536. The average Bonchev–Trinajstić information content (AvgIpc) is 2.93. The maximum absolute atomic E-state index is 10.5. The van der Waals surface area contributed by atoms with Crippen molar-refractivity contribution >= 4 is 22.9 Å². The van der Waals surface area contributed by atoms with E-state index >= 15 is 0 Å². The van der Waals surface area contributed by atoms with Gasteiger partial charge < -0.3 is 9.84 Å². The molecule has 2 rings (SSSR count). The highest BCUT2D eigenvalue weighted by atomic mass is 35.5. The van der Waals surface area contributed by atoms with Gasteiger partial charge in [0.15, 0.2) is 0 Å². The second kappa shape index (κ2) is 5.30. The van der Waals surface area contributed by atoms with Crippen LogP contribution < -0.4 is 4.74 Å². The van der Waals surface area contributed by atoms with E-state index in [1.54, 1.807) is 18.0 Å². The van der Waals surface area contributed by atoms with Crippen molar-refractivity contribution < 1.29 is 9.84 Å². The molecule has 0 fully saturated rings. The molecule has 2 heterocycles. The highest BCUT2D eigenvalue weighted by Gasteiger charge is 2.24. The van der Waals surface area contributed by atoms with Crippen molar-refractivity contribution in [2.24, 2.45) is 0 Å². The van der Waals surface area contributed by atoms with Gasteiger partial charge >= 0.3 is 0 Å². The second-order valence-electron chi connectivity index (χ2n) is 4.17. The molecular formula is C12H15ClN2O2S. The van der Waals surface area contributed by atoms with E-state index in [1.807, 2.05) is 25.3 Å². The summed E-state index contributed by atoms with van der Waals surface area (Å²) in [5.41, 5.74) is 0.604. The van der Waals surface area contributed by atoms with E-state index in [4.69, 9.17) is 16.3 Å². The number of aromatic nitrogens is 2. The van der Waals surface area contributed by atoms with Crippen molar-refractivity contribution in [1.29, 1.82) is 0 Å². The number of aliphatic hydroxyl groups is 1. The van der Waals surface area contributed by atoms with Crippen LogP contribution in [0.2, 0.25) is 5.02 Å². The Kier molecular flexibility index (Phi) is 3.94. The molecule has 0 radical (unpaired) electrons. The van der Waals surface area contributed by atoms with Crippen LogP contribution in [-0.4, -0.2) is 22.0 Å². The molecule has 0 amide bonds. The molecule has 1 atom stereocenters. The number of hydrogen-bond acceptors (Lipinski definition) is 4. The zero-order valence-corrected chi connectivity index (χ0v) is 12.0. The molecule has 4 nitrogen and oxygen atoms in total. The Morgan fingerprint density at radius 3 is 2.83 bits per heavy atom. The minimum absolute atomic E-state index is 0.133. The predicted octanol–water partition coefficient (Wildman–Crippen LogP) is 3.27. The minimum Gasteiger partial charge on any atom is -0.495 e. The molecule has 1 N–H and O–H groups in total. The summed E-state index contributed by atoms with van der Waals surface area (Å²) in [4.78, 5) is 0.738. The Morgan fingerprint density at radius 1 is 1.50 bits per heavy atom. The van der Waals surface area contributed by atoms with E-state index in [1.165, 1.54) is 11.3 Å². The molecule has 0 spiro atoms. The predicted molar refractivity (Wildman–Crippen MR) is 72.6 cm³/mol. The molecule has 1 unspecified atom stereocenters. The standard InChI is InChI=1S/C12H15ClN2O2S/c1-7(2)15-10(8(13)6-14-15)11(16)12-9(17-3)4-5-18-12/h4-7,11,16H,1-3H3. The summed E-state index contributed by atoms with van der Waals surface area (Å²) in [6, 6.07) is 1.96. The summed E-state index contributed by atoms with van der Waals surface area (Å²) in [6.45, 7) is 3.98. The number of ether oxygens (including phenoxy) is 1. The fourth-order valence-corrected chi connectivity index (χ4v) is 2.90. The van der Waals surface area contributed by atoms with Gasteiger partial charge in [-0.3, -0.25) is 4.68 Å². The van der Waals surface area contributed by atoms with E-state index in [9.17, 15) is 5.11 Å². The zero-order chi connectivity index (χ0) is 13.3. The lowest BCUT2D eigenvalue weighted by Crippen LogP contribution is -2.12. The second-order valence-corrected chi connectivity index (χ2v) is 5.53. The van der Waals surface area contributed by atoms with E-state index < -0.39 is 6.10 Å². The van der Waals surface area contributed by atoms with Crippen molar-refractivity contribution in [2.45, 2.75) is 26.0 Å². The fraction of sp³-hybridized carbons (Fsp3) is 0.417. The smallest absolute Gasteiger partial charge is 0.135 e. The molecule has 6 heteroatoms. The van der Waals surface area contributed by atoms with Crippen molar-refractivity contribution in [3.8, 4) is 5.75 Å². The highest BCUT2D eigenvalue weighted by molar-refractivity contribution is 7.10. The molecule has 2 aromatic heterocycles. The molecule has 0 aliphatic heterocycles. The number of aliphatic hydroxyl groups excluding tert-OH is 1. The Morgan fingerprint density at radius 2 is 2.22 bits per heavy atom.